The molecule has 0 bridgehead atoms. The molecule has 0 spiro atoms. The smallest absolute Gasteiger partial charge is 0.306 e. The van der Waals surface area contributed by atoms with Gasteiger partial charge in [0.05, 0.1) is 19.8 Å². The number of unbranched alkanes of at least 4 members (excludes halogenated alkanes) is 24. The van der Waals surface area contributed by atoms with Gasteiger partial charge in [-0.2, -0.15) is 0 Å². The van der Waals surface area contributed by atoms with Gasteiger partial charge in [-0.1, -0.05) is 221 Å². The van der Waals surface area contributed by atoms with Crippen LogP contribution >= 0.6 is 0 Å². The van der Waals surface area contributed by atoms with E-state index in [0.29, 0.717) is 13.0 Å². The highest BCUT2D eigenvalue weighted by Crippen LogP contribution is 2.23. The van der Waals surface area contributed by atoms with Gasteiger partial charge in [0.2, 0.25) is 0 Å². The minimum Gasteiger partial charge on any atom is -0.457 e. The summed E-state index contributed by atoms with van der Waals surface area (Å²) in [5, 5.41) is 40.3. The average Bonchev–Trinajstić information content (AvgIpc) is 3.36. The van der Waals surface area contributed by atoms with Gasteiger partial charge < -0.3 is 39.4 Å². The molecule has 1 fully saturated rings. The Bertz CT molecular complexity index is 1350. The molecule has 0 aliphatic carbocycles. The SMILES string of the molecule is CC/C=C\C/C=C\C/C=C\C/C=C\C/C=C\C/C=C\CCCCC(=O)OC(COCCCCCCCCCCCCCCCC/C=C\CCCCCCCCCC)COC1OC(CO)C(O)C(O)C1O. The van der Waals surface area contributed by atoms with Gasteiger partial charge in [0.25, 0.3) is 0 Å². The summed E-state index contributed by atoms with van der Waals surface area (Å²) in [5.41, 5.74) is 0. The maximum Gasteiger partial charge on any atom is 0.306 e. The second kappa shape index (κ2) is 51.3. The number of rotatable bonds is 49. The van der Waals surface area contributed by atoms with Crippen LogP contribution in [0.25, 0.3) is 0 Å². The molecule has 6 unspecified atom stereocenters. The van der Waals surface area contributed by atoms with Crippen LogP contribution < -0.4 is 0 Å². The number of ether oxygens (including phenoxy) is 4. The number of aliphatic hydroxyl groups is 4. The van der Waals surface area contributed by atoms with Gasteiger partial charge in [-0.3, -0.25) is 4.79 Å². The first-order valence-corrected chi connectivity index (χ1v) is 28.7. The van der Waals surface area contributed by atoms with Crippen molar-refractivity contribution in [1.82, 2.24) is 0 Å². The Hall–Kier alpha value is -2.63. The van der Waals surface area contributed by atoms with Crippen LogP contribution in [0, 0.1) is 0 Å². The van der Waals surface area contributed by atoms with Gasteiger partial charge in [-0.05, 0) is 89.9 Å². The lowest BCUT2D eigenvalue weighted by Gasteiger charge is -2.39. The number of hydrogen-bond acceptors (Lipinski definition) is 9. The summed E-state index contributed by atoms with van der Waals surface area (Å²) >= 11 is 0. The third-order valence-electron chi connectivity index (χ3n) is 12.8. The minimum absolute atomic E-state index is 0.123. The largest absolute Gasteiger partial charge is 0.457 e. The quantitative estimate of drug-likeness (QED) is 0.0267. The van der Waals surface area contributed by atoms with Crippen LogP contribution in [0.2, 0.25) is 0 Å². The number of carbonyl (C=O) groups is 1. The maximum absolute atomic E-state index is 12.9. The van der Waals surface area contributed by atoms with E-state index in [1.807, 2.05) is 0 Å². The first kappa shape index (κ1) is 65.4. The van der Waals surface area contributed by atoms with Crippen LogP contribution in [0.15, 0.2) is 85.1 Å². The molecule has 9 nitrogen and oxygen atoms in total. The minimum atomic E-state index is -1.55. The molecule has 1 aliphatic rings. The molecule has 0 aromatic carbocycles. The molecule has 1 heterocycles. The van der Waals surface area contributed by atoms with E-state index in [9.17, 15) is 25.2 Å². The molecular weight excluding hydrogens is 877 g/mol. The summed E-state index contributed by atoms with van der Waals surface area (Å²) in [6.07, 6.45) is 63.5. The van der Waals surface area contributed by atoms with Gasteiger partial charge in [0, 0.05) is 13.0 Å². The Morgan fingerprint density at radius 1 is 0.471 bits per heavy atom. The van der Waals surface area contributed by atoms with Crippen molar-refractivity contribution in [2.75, 3.05) is 26.4 Å². The molecular formula is C61H106O9. The fourth-order valence-corrected chi connectivity index (χ4v) is 8.37. The third kappa shape index (κ3) is 40.9. The number of carbonyl (C=O) groups excluding carboxylic acids is 1. The standard InChI is InChI=1S/C61H106O9/c1-3-5-7-9-11-13-15-17-19-21-23-25-26-27-28-29-31-33-35-37-39-41-43-45-47-49-51-67-53-55(54-68-61-60(66)59(65)58(64)56(52-62)70-61)69-57(63)50-48-46-44-42-40-38-36-34-32-30-24-22-20-18-16-14-12-10-8-6-4-2/h6,8,12,14,18,20-21,23-24,30,34,36,40,42,55-56,58-62,64-66H,3-5,7,9-11,13,15-17,19,22,25-29,31-33,35,37-39,41,43-54H2,1-2H3/b8-6-,14-12-,20-18-,23-21-,30-24-,36-34-,42-40-. The molecule has 0 aromatic rings. The van der Waals surface area contributed by atoms with Gasteiger partial charge in [-0.15, -0.1) is 0 Å². The topological polar surface area (TPSA) is 135 Å². The highest BCUT2D eigenvalue weighted by atomic mass is 16.7. The zero-order valence-corrected chi connectivity index (χ0v) is 44.7. The third-order valence-corrected chi connectivity index (χ3v) is 12.8. The molecule has 9 heteroatoms. The van der Waals surface area contributed by atoms with Crippen LogP contribution in [-0.2, 0) is 23.7 Å². The number of aliphatic hydroxyl groups excluding tert-OH is 4. The van der Waals surface area contributed by atoms with E-state index in [2.05, 4.69) is 98.9 Å². The van der Waals surface area contributed by atoms with Gasteiger partial charge in [-0.25, -0.2) is 0 Å². The summed E-state index contributed by atoms with van der Waals surface area (Å²) in [7, 11) is 0. The van der Waals surface area contributed by atoms with Gasteiger partial charge >= 0.3 is 5.97 Å². The van der Waals surface area contributed by atoms with E-state index in [4.69, 9.17) is 18.9 Å². The van der Waals surface area contributed by atoms with E-state index in [0.717, 1.165) is 64.2 Å². The molecule has 6 atom stereocenters. The predicted octanol–water partition coefficient (Wildman–Crippen LogP) is 14.9. The van der Waals surface area contributed by atoms with Crippen molar-refractivity contribution in [1.29, 1.82) is 0 Å². The Kier molecular flexibility index (Phi) is 47.9. The zero-order chi connectivity index (χ0) is 50.6. The van der Waals surface area contributed by atoms with Crippen LogP contribution in [0.3, 0.4) is 0 Å². The Balaban J connectivity index is 2.19. The van der Waals surface area contributed by atoms with E-state index < -0.39 is 43.4 Å². The second-order valence-corrected chi connectivity index (χ2v) is 19.4. The Morgan fingerprint density at radius 2 is 0.871 bits per heavy atom. The van der Waals surface area contributed by atoms with Crippen molar-refractivity contribution in [3.8, 4) is 0 Å². The normalized spacial score (nSPS) is 19.5. The number of allylic oxidation sites excluding steroid dienone is 14. The van der Waals surface area contributed by atoms with Crippen molar-refractivity contribution < 1.29 is 44.2 Å². The molecule has 1 aliphatic heterocycles. The lowest BCUT2D eigenvalue weighted by atomic mass is 9.99. The fourth-order valence-electron chi connectivity index (χ4n) is 8.37. The van der Waals surface area contributed by atoms with Crippen LogP contribution in [0.1, 0.15) is 232 Å². The Morgan fingerprint density at radius 3 is 1.33 bits per heavy atom. The lowest BCUT2D eigenvalue weighted by Crippen LogP contribution is -2.59. The predicted molar refractivity (Wildman–Crippen MR) is 293 cm³/mol. The number of esters is 1. The molecule has 0 saturated carbocycles. The first-order valence-electron chi connectivity index (χ1n) is 28.7. The van der Waals surface area contributed by atoms with Gasteiger partial charge in [0.15, 0.2) is 6.29 Å². The lowest BCUT2D eigenvalue weighted by molar-refractivity contribution is -0.305. The van der Waals surface area contributed by atoms with E-state index in [1.54, 1.807) is 0 Å². The van der Waals surface area contributed by atoms with E-state index in [-0.39, 0.29) is 25.6 Å². The van der Waals surface area contributed by atoms with Crippen LogP contribution in [0.5, 0.6) is 0 Å². The van der Waals surface area contributed by atoms with Crippen molar-refractivity contribution in [3.05, 3.63) is 85.1 Å². The monoisotopic (exact) mass is 983 g/mol. The van der Waals surface area contributed by atoms with Crippen LogP contribution in [-0.4, -0.2) is 89.6 Å². The van der Waals surface area contributed by atoms with E-state index >= 15 is 0 Å². The molecule has 1 saturated heterocycles. The molecule has 4 N–H and O–H groups in total. The molecule has 404 valence electrons. The summed E-state index contributed by atoms with van der Waals surface area (Å²) in [4.78, 5) is 12.9. The molecule has 70 heavy (non-hydrogen) atoms. The summed E-state index contributed by atoms with van der Waals surface area (Å²) in [5.74, 6) is -0.355. The van der Waals surface area contributed by atoms with Gasteiger partial charge in [0.1, 0.15) is 30.5 Å². The molecule has 0 radical (unpaired) electrons. The Labute approximate surface area is 429 Å². The van der Waals surface area contributed by atoms with Crippen molar-refractivity contribution in [3.63, 3.8) is 0 Å². The first-order chi connectivity index (χ1) is 34.4. The molecule has 1 rings (SSSR count). The van der Waals surface area contributed by atoms with Crippen molar-refractivity contribution in [2.45, 2.75) is 269 Å². The fraction of sp³-hybridized carbons (Fsp3) is 0.754. The summed E-state index contributed by atoms with van der Waals surface area (Å²) in [6, 6.07) is 0. The molecule has 0 aromatic heterocycles. The maximum atomic E-state index is 12.9. The van der Waals surface area contributed by atoms with E-state index in [1.165, 1.54) is 141 Å². The van der Waals surface area contributed by atoms with Crippen molar-refractivity contribution in [2.24, 2.45) is 0 Å². The highest BCUT2D eigenvalue weighted by molar-refractivity contribution is 5.69. The second-order valence-electron chi connectivity index (χ2n) is 19.4. The number of hydrogen-bond donors (Lipinski definition) is 4. The van der Waals surface area contributed by atoms with Crippen molar-refractivity contribution >= 4 is 5.97 Å². The summed E-state index contributed by atoms with van der Waals surface area (Å²) < 4.78 is 22.9. The summed E-state index contributed by atoms with van der Waals surface area (Å²) in [6.45, 7) is 4.41. The zero-order valence-electron chi connectivity index (χ0n) is 44.7. The molecule has 0 amide bonds. The highest BCUT2D eigenvalue weighted by Gasteiger charge is 2.44. The average molecular weight is 984 g/mol. The van der Waals surface area contributed by atoms with Crippen LogP contribution in [0.4, 0.5) is 0 Å².